The molecule has 19 heavy (non-hydrogen) atoms. The zero-order valence-corrected chi connectivity index (χ0v) is 12.4. The first-order valence-corrected chi connectivity index (χ1v) is 7.24. The van der Waals surface area contributed by atoms with Crippen LogP contribution in [0.5, 0.6) is 0 Å². The standard InChI is InChI=1S/C14H26N2O3/c1-4-5-10-19-14(18)15-7-6-13(17)16(9-8-15)11-12(2)3/h12H,4-11H2,1-3H3. The predicted octanol–water partition coefficient (Wildman–Crippen LogP) is 2.11. The highest BCUT2D eigenvalue weighted by molar-refractivity contribution is 5.78. The summed E-state index contributed by atoms with van der Waals surface area (Å²) in [7, 11) is 0. The Labute approximate surface area is 115 Å². The Morgan fingerprint density at radius 3 is 2.68 bits per heavy atom. The molecule has 1 rings (SSSR count). The van der Waals surface area contributed by atoms with E-state index in [0.29, 0.717) is 38.6 Å². The van der Waals surface area contributed by atoms with Crippen LogP contribution in [0.1, 0.15) is 40.0 Å². The molecule has 1 aliphatic heterocycles. The number of ether oxygens (including phenoxy) is 1. The number of carbonyl (C=O) groups excluding carboxylic acids is 2. The largest absolute Gasteiger partial charge is 0.449 e. The molecule has 1 fully saturated rings. The first kappa shape index (κ1) is 15.8. The van der Waals surface area contributed by atoms with Gasteiger partial charge in [0, 0.05) is 32.6 Å². The van der Waals surface area contributed by atoms with Gasteiger partial charge in [-0.2, -0.15) is 0 Å². The molecule has 0 atom stereocenters. The highest BCUT2D eigenvalue weighted by atomic mass is 16.6. The molecule has 0 radical (unpaired) electrons. The van der Waals surface area contributed by atoms with E-state index in [0.717, 1.165) is 19.4 Å². The maximum absolute atomic E-state index is 11.9. The number of nitrogens with zero attached hydrogens (tertiary/aromatic N) is 2. The molecule has 0 bridgehead atoms. The van der Waals surface area contributed by atoms with Gasteiger partial charge in [-0.1, -0.05) is 27.2 Å². The minimum Gasteiger partial charge on any atom is -0.449 e. The molecule has 1 heterocycles. The third-order valence-corrected chi connectivity index (χ3v) is 3.16. The molecule has 0 aromatic carbocycles. The summed E-state index contributed by atoms with van der Waals surface area (Å²) in [4.78, 5) is 27.3. The van der Waals surface area contributed by atoms with Gasteiger partial charge in [0.1, 0.15) is 0 Å². The van der Waals surface area contributed by atoms with Gasteiger partial charge in [-0.25, -0.2) is 4.79 Å². The summed E-state index contributed by atoms with van der Waals surface area (Å²) in [5.41, 5.74) is 0. The quantitative estimate of drug-likeness (QED) is 0.719. The van der Waals surface area contributed by atoms with Crippen molar-refractivity contribution in [2.45, 2.75) is 40.0 Å². The summed E-state index contributed by atoms with van der Waals surface area (Å²) < 4.78 is 5.19. The van der Waals surface area contributed by atoms with Crippen LogP contribution < -0.4 is 0 Å². The monoisotopic (exact) mass is 270 g/mol. The number of hydrogen-bond acceptors (Lipinski definition) is 3. The van der Waals surface area contributed by atoms with E-state index in [2.05, 4.69) is 20.8 Å². The van der Waals surface area contributed by atoms with Crippen LogP contribution in [-0.4, -0.2) is 54.6 Å². The Bertz CT molecular complexity index is 305. The van der Waals surface area contributed by atoms with Crippen LogP contribution in [-0.2, 0) is 9.53 Å². The lowest BCUT2D eigenvalue weighted by Gasteiger charge is -2.23. The highest BCUT2D eigenvalue weighted by Gasteiger charge is 2.24. The fourth-order valence-electron chi connectivity index (χ4n) is 2.08. The summed E-state index contributed by atoms with van der Waals surface area (Å²) in [6, 6.07) is 0. The predicted molar refractivity (Wildman–Crippen MR) is 73.9 cm³/mol. The van der Waals surface area contributed by atoms with Crippen molar-refractivity contribution in [2.24, 2.45) is 5.92 Å². The van der Waals surface area contributed by atoms with Gasteiger partial charge in [-0.15, -0.1) is 0 Å². The molecule has 2 amide bonds. The fraction of sp³-hybridized carbons (Fsp3) is 0.857. The molecule has 0 aromatic heterocycles. The molecule has 0 aliphatic carbocycles. The average Bonchev–Trinajstić information content (AvgIpc) is 2.53. The highest BCUT2D eigenvalue weighted by Crippen LogP contribution is 2.09. The Kier molecular flexibility index (Phi) is 6.67. The number of amides is 2. The van der Waals surface area contributed by atoms with Gasteiger partial charge in [-0.05, 0) is 12.3 Å². The second kappa shape index (κ2) is 8.02. The van der Waals surface area contributed by atoms with Gasteiger partial charge >= 0.3 is 6.09 Å². The zero-order valence-electron chi connectivity index (χ0n) is 12.4. The third-order valence-electron chi connectivity index (χ3n) is 3.16. The molecule has 110 valence electrons. The first-order chi connectivity index (χ1) is 9.04. The van der Waals surface area contributed by atoms with Crippen molar-refractivity contribution < 1.29 is 14.3 Å². The van der Waals surface area contributed by atoms with E-state index in [-0.39, 0.29) is 12.0 Å². The van der Waals surface area contributed by atoms with E-state index in [1.165, 1.54) is 0 Å². The number of hydrogen-bond donors (Lipinski definition) is 0. The van der Waals surface area contributed by atoms with E-state index >= 15 is 0 Å². The summed E-state index contributed by atoms with van der Waals surface area (Å²) in [6.07, 6.45) is 2.01. The van der Waals surface area contributed by atoms with Crippen LogP contribution in [0.2, 0.25) is 0 Å². The first-order valence-electron chi connectivity index (χ1n) is 7.24. The van der Waals surface area contributed by atoms with Crippen molar-refractivity contribution >= 4 is 12.0 Å². The average molecular weight is 270 g/mol. The molecule has 5 nitrogen and oxygen atoms in total. The lowest BCUT2D eigenvalue weighted by molar-refractivity contribution is -0.130. The minimum absolute atomic E-state index is 0.137. The van der Waals surface area contributed by atoms with Gasteiger partial charge in [0.15, 0.2) is 0 Å². The molecule has 5 heteroatoms. The molecule has 0 N–H and O–H groups in total. The second-order valence-electron chi connectivity index (χ2n) is 5.44. The SMILES string of the molecule is CCCCOC(=O)N1CCC(=O)N(CC(C)C)CC1. The maximum Gasteiger partial charge on any atom is 0.409 e. The Balaban J connectivity index is 2.43. The molecular formula is C14H26N2O3. The van der Waals surface area contributed by atoms with E-state index in [1.807, 2.05) is 4.90 Å². The van der Waals surface area contributed by atoms with Gasteiger partial charge in [-0.3, -0.25) is 4.79 Å². The van der Waals surface area contributed by atoms with Crippen LogP contribution >= 0.6 is 0 Å². The second-order valence-corrected chi connectivity index (χ2v) is 5.44. The summed E-state index contributed by atoms with van der Waals surface area (Å²) >= 11 is 0. The van der Waals surface area contributed by atoms with Crippen molar-refractivity contribution in [3.8, 4) is 0 Å². The summed E-state index contributed by atoms with van der Waals surface area (Å²) in [5, 5.41) is 0. The Hall–Kier alpha value is -1.26. The van der Waals surface area contributed by atoms with Crippen LogP contribution in [0.3, 0.4) is 0 Å². The van der Waals surface area contributed by atoms with Gasteiger partial charge in [0.25, 0.3) is 0 Å². The minimum atomic E-state index is -0.285. The number of carbonyl (C=O) groups is 2. The van der Waals surface area contributed by atoms with E-state index in [9.17, 15) is 9.59 Å². The Morgan fingerprint density at radius 2 is 2.05 bits per heavy atom. The molecule has 0 unspecified atom stereocenters. The van der Waals surface area contributed by atoms with Crippen LogP contribution in [0.15, 0.2) is 0 Å². The van der Waals surface area contributed by atoms with Gasteiger partial charge < -0.3 is 14.5 Å². The summed E-state index contributed by atoms with van der Waals surface area (Å²) in [5.74, 6) is 0.588. The van der Waals surface area contributed by atoms with Crippen molar-refractivity contribution in [2.75, 3.05) is 32.8 Å². The van der Waals surface area contributed by atoms with E-state index < -0.39 is 0 Å². The van der Waals surface area contributed by atoms with Crippen molar-refractivity contribution in [1.29, 1.82) is 0 Å². The lowest BCUT2D eigenvalue weighted by Crippen LogP contribution is -2.37. The zero-order chi connectivity index (χ0) is 14.3. The lowest BCUT2D eigenvalue weighted by atomic mass is 10.2. The molecular weight excluding hydrogens is 244 g/mol. The van der Waals surface area contributed by atoms with Crippen molar-refractivity contribution in [3.05, 3.63) is 0 Å². The summed E-state index contributed by atoms with van der Waals surface area (Å²) in [6.45, 7) is 9.13. The Morgan fingerprint density at radius 1 is 1.32 bits per heavy atom. The van der Waals surface area contributed by atoms with Crippen LogP contribution in [0, 0.1) is 5.92 Å². The van der Waals surface area contributed by atoms with Gasteiger partial charge in [0.05, 0.1) is 6.61 Å². The normalized spacial score (nSPS) is 16.7. The van der Waals surface area contributed by atoms with Crippen LogP contribution in [0.25, 0.3) is 0 Å². The van der Waals surface area contributed by atoms with E-state index in [4.69, 9.17) is 4.74 Å². The molecule has 0 spiro atoms. The topological polar surface area (TPSA) is 49.9 Å². The van der Waals surface area contributed by atoms with Crippen molar-refractivity contribution in [3.63, 3.8) is 0 Å². The van der Waals surface area contributed by atoms with Gasteiger partial charge in [0.2, 0.25) is 5.91 Å². The molecule has 1 saturated heterocycles. The fourth-order valence-corrected chi connectivity index (χ4v) is 2.08. The smallest absolute Gasteiger partial charge is 0.409 e. The number of rotatable bonds is 5. The van der Waals surface area contributed by atoms with Crippen LogP contribution in [0.4, 0.5) is 4.79 Å². The molecule has 1 aliphatic rings. The van der Waals surface area contributed by atoms with Crippen molar-refractivity contribution in [1.82, 2.24) is 9.80 Å². The number of unbranched alkanes of at least 4 members (excludes halogenated alkanes) is 1. The van der Waals surface area contributed by atoms with E-state index in [1.54, 1.807) is 4.90 Å². The molecule has 0 aromatic rings. The maximum atomic E-state index is 11.9. The third kappa shape index (κ3) is 5.49. The molecule has 0 saturated carbocycles.